The number of aliphatic carboxylic acids is 1. The predicted molar refractivity (Wildman–Crippen MR) is 68.4 cm³/mol. The van der Waals surface area contributed by atoms with Gasteiger partial charge in [0.1, 0.15) is 6.54 Å². The number of carbonyl (C=O) groups is 2. The molecule has 0 aliphatic rings. The zero-order valence-electron chi connectivity index (χ0n) is 11.2. The average Bonchev–Trinajstić information content (AvgIpc) is 2.27. The van der Waals surface area contributed by atoms with Gasteiger partial charge in [-0.3, -0.25) is 4.79 Å². The molecular weight excluding hydrogens is 236 g/mol. The Labute approximate surface area is 108 Å². The molecule has 0 radical (unpaired) electrons. The number of methoxy groups -OCH3 is 1. The third-order valence-electron chi connectivity index (χ3n) is 2.42. The quantitative estimate of drug-likeness (QED) is 0.635. The van der Waals surface area contributed by atoms with Crippen molar-refractivity contribution in [2.75, 3.05) is 26.8 Å². The number of nitrogens with zero attached hydrogens (tertiary/aromatic N) is 1. The van der Waals surface area contributed by atoms with E-state index in [1.54, 1.807) is 7.11 Å². The normalized spacial score (nSPS) is 12.0. The van der Waals surface area contributed by atoms with Gasteiger partial charge in [-0.2, -0.15) is 0 Å². The number of ether oxygens (including phenoxy) is 1. The fraction of sp³-hybridized carbons (Fsp3) is 0.667. The van der Waals surface area contributed by atoms with E-state index in [4.69, 9.17) is 9.84 Å². The van der Waals surface area contributed by atoms with Gasteiger partial charge in [0, 0.05) is 13.7 Å². The number of hydrogen-bond acceptors (Lipinski definition) is 3. The summed E-state index contributed by atoms with van der Waals surface area (Å²) in [5.74, 6) is -0.857. The number of amides is 2. The monoisotopic (exact) mass is 258 g/mol. The van der Waals surface area contributed by atoms with Crippen LogP contribution in [0.2, 0.25) is 0 Å². The third-order valence-corrected chi connectivity index (χ3v) is 2.42. The maximum absolute atomic E-state index is 11.9. The van der Waals surface area contributed by atoms with Crippen LogP contribution < -0.4 is 5.32 Å². The van der Waals surface area contributed by atoms with Crippen LogP contribution in [0.4, 0.5) is 4.79 Å². The van der Waals surface area contributed by atoms with Crippen molar-refractivity contribution in [2.24, 2.45) is 5.92 Å². The molecule has 0 bridgehead atoms. The summed E-state index contributed by atoms with van der Waals surface area (Å²) in [6, 6.07) is -0.573. The molecule has 0 aliphatic carbocycles. The lowest BCUT2D eigenvalue weighted by molar-refractivity contribution is -0.137. The van der Waals surface area contributed by atoms with Gasteiger partial charge in [-0.05, 0) is 5.92 Å². The van der Waals surface area contributed by atoms with E-state index in [0.29, 0.717) is 6.61 Å². The van der Waals surface area contributed by atoms with Gasteiger partial charge in [-0.1, -0.05) is 19.9 Å². The van der Waals surface area contributed by atoms with Gasteiger partial charge in [0.2, 0.25) is 0 Å². The van der Waals surface area contributed by atoms with E-state index in [-0.39, 0.29) is 25.0 Å². The van der Waals surface area contributed by atoms with Crippen LogP contribution in [0.25, 0.3) is 0 Å². The molecule has 6 heteroatoms. The highest BCUT2D eigenvalue weighted by Crippen LogP contribution is 2.03. The molecule has 2 amide bonds. The van der Waals surface area contributed by atoms with Crippen LogP contribution in [-0.2, 0) is 9.53 Å². The third kappa shape index (κ3) is 6.24. The number of urea groups is 1. The average molecular weight is 258 g/mol. The second kappa shape index (κ2) is 8.52. The van der Waals surface area contributed by atoms with Crippen LogP contribution in [0.15, 0.2) is 12.7 Å². The minimum atomic E-state index is -1.06. The van der Waals surface area contributed by atoms with Crippen molar-refractivity contribution >= 4 is 12.0 Å². The number of carboxylic acid groups (broad SMARTS) is 1. The standard InChI is InChI=1S/C12H22N2O4/c1-5-6-14(7-11(15)16)12(17)13-10(8-18-4)9(2)3/h5,9-10H,1,6-8H2,2-4H3,(H,13,17)(H,15,16). The summed E-state index contributed by atoms with van der Waals surface area (Å²) in [6.07, 6.45) is 1.49. The lowest BCUT2D eigenvalue weighted by Gasteiger charge is -2.26. The van der Waals surface area contributed by atoms with Gasteiger partial charge in [0.15, 0.2) is 0 Å². The summed E-state index contributed by atoms with van der Waals surface area (Å²) >= 11 is 0. The molecule has 6 nitrogen and oxygen atoms in total. The second-order valence-corrected chi connectivity index (χ2v) is 4.32. The first-order chi connectivity index (χ1) is 8.42. The maximum Gasteiger partial charge on any atom is 0.323 e. The molecule has 1 atom stereocenters. The van der Waals surface area contributed by atoms with Crippen molar-refractivity contribution in [3.8, 4) is 0 Å². The Kier molecular flexibility index (Phi) is 7.78. The van der Waals surface area contributed by atoms with Crippen molar-refractivity contribution in [3.63, 3.8) is 0 Å². The molecule has 0 spiro atoms. The first-order valence-electron chi connectivity index (χ1n) is 5.79. The zero-order chi connectivity index (χ0) is 14.1. The molecular formula is C12H22N2O4. The summed E-state index contributed by atoms with van der Waals surface area (Å²) in [7, 11) is 1.56. The molecule has 0 aromatic carbocycles. The molecule has 0 aromatic heterocycles. The highest BCUT2D eigenvalue weighted by Gasteiger charge is 2.21. The van der Waals surface area contributed by atoms with Gasteiger partial charge < -0.3 is 20.1 Å². The van der Waals surface area contributed by atoms with E-state index < -0.39 is 12.0 Å². The highest BCUT2D eigenvalue weighted by atomic mass is 16.5. The van der Waals surface area contributed by atoms with Crippen LogP contribution in [-0.4, -0.2) is 54.9 Å². The topological polar surface area (TPSA) is 78.9 Å². The molecule has 0 rings (SSSR count). The van der Waals surface area contributed by atoms with Crippen molar-refractivity contribution < 1.29 is 19.4 Å². The molecule has 0 aliphatic heterocycles. The Bertz CT molecular complexity index is 292. The molecule has 0 saturated heterocycles. The molecule has 18 heavy (non-hydrogen) atoms. The van der Waals surface area contributed by atoms with E-state index in [0.717, 1.165) is 0 Å². The zero-order valence-corrected chi connectivity index (χ0v) is 11.2. The number of hydrogen-bond donors (Lipinski definition) is 2. The lowest BCUT2D eigenvalue weighted by Crippen LogP contribution is -2.49. The lowest BCUT2D eigenvalue weighted by atomic mass is 10.1. The van der Waals surface area contributed by atoms with Crippen LogP contribution >= 0.6 is 0 Å². The number of nitrogens with one attached hydrogen (secondary N) is 1. The van der Waals surface area contributed by atoms with E-state index in [1.807, 2.05) is 13.8 Å². The Morgan fingerprint density at radius 2 is 2.11 bits per heavy atom. The smallest absolute Gasteiger partial charge is 0.323 e. The predicted octanol–water partition coefficient (Wildman–Crippen LogP) is 0.940. The molecule has 0 saturated carbocycles. The summed E-state index contributed by atoms with van der Waals surface area (Å²) < 4.78 is 5.02. The van der Waals surface area contributed by atoms with Crippen LogP contribution in [0.5, 0.6) is 0 Å². The van der Waals surface area contributed by atoms with E-state index in [2.05, 4.69) is 11.9 Å². The van der Waals surface area contributed by atoms with E-state index >= 15 is 0 Å². The Balaban J connectivity index is 4.54. The van der Waals surface area contributed by atoms with Crippen molar-refractivity contribution in [3.05, 3.63) is 12.7 Å². The number of carbonyl (C=O) groups excluding carboxylic acids is 1. The Hall–Kier alpha value is -1.56. The van der Waals surface area contributed by atoms with Gasteiger partial charge in [-0.25, -0.2) is 4.79 Å². The Morgan fingerprint density at radius 1 is 1.50 bits per heavy atom. The van der Waals surface area contributed by atoms with Gasteiger partial charge >= 0.3 is 12.0 Å². The first-order valence-corrected chi connectivity index (χ1v) is 5.79. The maximum atomic E-state index is 11.9. The molecule has 104 valence electrons. The van der Waals surface area contributed by atoms with Crippen LogP contribution in [0, 0.1) is 5.92 Å². The minimum absolute atomic E-state index is 0.149. The van der Waals surface area contributed by atoms with Gasteiger partial charge in [-0.15, -0.1) is 6.58 Å². The molecule has 1 unspecified atom stereocenters. The summed E-state index contributed by atoms with van der Waals surface area (Å²) in [5.41, 5.74) is 0. The summed E-state index contributed by atoms with van der Waals surface area (Å²) in [5, 5.41) is 11.5. The number of rotatable bonds is 8. The molecule has 2 N–H and O–H groups in total. The van der Waals surface area contributed by atoms with Crippen molar-refractivity contribution in [2.45, 2.75) is 19.9 Å². The van der Waals surface area contributed by atoms with Gasteiger partial charge in [0.25, 0.3) is 0 Å². The second-order valence-electron chi connectivity index (χ2n) is 4.32. The SMILES string of the molecule is C=CCN(CC(=O)O)C(=O)NC(COC)C(C)C. The minimum Gasteiger partial charge on any atom is -0.480 e. The van der Waals surface area contributed by atoms with E-state index in [1.165, 1.54) is 11.0 Å². The van der Waals surface area contributed by atoms with Crippen molar-refractivity contribution in [1.82, 2.24) is 10.2 Å². The fourth-order valence-corrected chi connectivity index (χ4v) is 1.37. The van der Waals surface area contributed by atoms with Crippen molar-refractivity contribution in [1.29, 1.82) is 0 Å². The molecule has 0 aromatic rings. The highest BCUT2D eigenvalue weighted by molar-refractivity contribution is 5.80. The summed E-state index contributed by atoms with van der Waals surface area (Å²) in [4.78, 5) is 23.7. The van der Waals surface area contributed by atoms with E-state index in [9.17, 15) is 9.59 Å². The molecule has 0 fully saturated rings. The van der Waals surface area contributed by atoms with Crippen LogP contribution in [0.1, 0.15) is 13.8 Å². The Morgan fingerprint density at radius 3 is 2.50 bits per heavy atom. The van der Waals surface area contributed by atoms with Crippen LogP contribution in [0.3, 0.4) is 0 Å². The fourth-order valence-electron chi connectivity index (χ4n) is 1.37. The van der Waals surface area contributed by atoms with Gasteiger partial charge in [0.05, 0.1) is 12.6 Å². The first kappa shape index (κ1) is 16.4. The molecule has 0 heterocycles. The number of carboxylic acids is 1. The largest absolute Gasteiger partial charge is 0.480 e. The summed E-state index contributed by atoms with van der Waals surface area (Å²) in [6.45, 7) is 7.64.